The molecule has 0 aromatic heterocycles. The number of ketones is 1. The van der Waals surface area contributed by atoms with Crippen LogP contribution in [0.4, 0.5) is 0 Å². The van der Waals surface area contributed by atoms with Gasteiger partial charge in [0.2, 0.25) is 0 Å². The minimum Gasteiger partial charge on any atom is -0.289 e. The van der Waals surface area contributed by atoms with Crippen LogP contribution < -0.4 is 0 Å². The molecule has 0 radical (unpaired) electrons. The molecule has 0 fully saturated rings. The first kappa shape index (κ1) is 9.84. The lowest BCUT2D eigenvalue weighted by Gasteiger charge is -2.30. The standard InChI is InChI=1S/C17H12O/c18-17-14-8-2-1-7-12(14)13-9-3-5-11-6-4-10-15(17)16(11)13/h1-8,10,13H,9H2. The molecule has 0 aliphatic heterocycles. The molecule has 1 unspecified atom stereocenters. The molecule has 0 spiro atoms. The van der Waals surface area contributed by atoms with Gasteiger partial charge in [-0.3, -0.25) is 4.79 Å². The van der Waals surface area contributed by atoms with Gasteiger partial charge in [-0.15, -0.1) is 0 Å². The van der Waals surface area contributed by atoms with Gasteiger partial charge in [0.05, 0.1) is 0 Å². The number of rotatable bonds is 0. The molecule has 2 aliphatic carbocycles. The average molecular weight is 232 g/mol. The Bertz CT molecular complexity index is 695. The van der Waals surface area contributed by atoms with Crippen LogP contribution in [0.1, 0.15) is 45.0 Å². The summed E-state index contributed by atoms with van der Waals surface area (Å²) in [5.41, 5.74) is 5.38. The van der Waals surface area contributed by atoms with Crippen LogP contribution >= 0.6 is 0 Å². The van der Waals surface area contributed by atoms with E-state index in [1.807, 2.05) is 30.3 Å². The molecule has 1 heteroatoms. The molecule has 86 valence electrons. The topological polar surface area (TPSA) is 17.1 Å². The molecule has 0 amide bonds. The highest BCUT2D eigenvalue weighted by Crippen LogP contribution is 2.43. The predicted molar refractivity (Wildman–Crippen MR) is 71.8 cm³/mol. The summed E-state index contributed by atoms with van der Waals surface area (Å²) in [6.07, 6.45) is 5.34. The summed E-state index contributed by atoms with van der Waals surface area (Å²) in [4.78, 5) is 12.5. The lowest BCUT2D eigenvalue weighted by molar-refractivity contribution is 0.103. The molecule has 2 aromatic carbocycles. The molecular formula is C17H12O. The number of fused-ring (bicyclic) bond motifs is 2. The molecular weight excluding hydrogens is 220 g/mol. The highest BCUT2D eigenvalue weighted by molar-refractivity contribution is 6.13. The number of carbonyl (C=O) groups is 1. The Balaban J connectivity index is 2.09. The van der Waals surface area contributed by atoms with Crippen molar-refractivity contribution >= 4 is 11.9 Å². The van der Waals surface area contributed by atoms with E-state index >= 15 is 0 Å². The first-order valence-electron chi connectivity index (χ1n) is 6.29. The van der Waals surface area contributed by atoms with Crippen molar-refractivity contribution in [2.75, 3.05) is 0 Å². The number of carbonyl (C=O) groups excluding carboxylic acids is 1. The van der Waals surface area contributed by atoms with Crippen LogP contribution in [0.3, 0.4) is 0 Å². The second-order valence-electron chi connectivity index (χ2n) is 4.92. The van der Waals surface area contributed by atoms with Crippen LogP contribution in [0.25, 0.3) is 6.08 Å². The van der Waals surface area contributed by atoms with Gasteiger partial charge >= 0.3 is 0 Å². The van der Waals surface area contributed by atoms with Crippen molar-refractivity contribution in [1.82, 2.24) is 0 Å². The highest BCUT2D eigenvalue weighted by Gasteiger charge is 2.32. The Morgan fingerprint density at radius 2 is 1.78 bits per heavy atom. The Morgan fingerprint density at radius 3 is 2.72 bits per heavy atom. The summed E-state index contributed by atoms with van der Waals surface area (Å²) in [7, 11) is 0. The Morgan fingerprint density at radius 1 is 0.944 bits per heavy atom. The smallest absolute Gasteiger partial charge is 0.193 e. The van der Waals surface area contributed by atoms with E-state index in [9.17, 15) is 4.79 Å². The molecule has 2 aliphatic rings. The quantitative estimate of drug-likeness (QED) is 0.675. The zero-order valence-corrected chi connectivity index (χ0v) is 9.89. The molecule has 4 rings (SSSR count). The monoisotopic (exact) mass is 232 g/mol. The van der Waals surface area contributed by atoms with Crippen molar-refractivity contribution in [1.29, 1.82) is 0 Å². The normalized spacial score (nSPS) is 19.3. The first-order valence-corrected chi connectivity index (χ1v) is 6.29. The Labute approximate surface area is 106 Å². The highest BCUT2D eigenvalue weighted by atomic mass is 16.1. The average Bonchev–Trinajstić information content (AvgIpc) is 2.44. The second kappa shape index (κ2) is 3.42. The fourth-order valence-corrected chi connectivity index (χ4v) is 3.20. The van der Waals surface area contributed by atoms with E-state index < -0.39 is 0 Å². The van der Waals surface area contributed by atoms with E-state index in [1.165, 1.54) is 16.7 Å². The molecule has 0 N–H and O–H groups in total. The Hall–Kier alpha value is -2.15. The van der Waals surface area contributed by atoms with Gasteiger partial charge in [0.15, 0.2) is 5.78 Å². The van der Waals surface area contributed by atoms with Crippen LogP contribution in [0, 0.1) is 0 Å². The maximum absolute atomic E-state index is 12.5. The molecule has 0 saturated heterocycles. The second-order valence-corrected chi connectivity index (χ2v) is 4.92. The van der Waals surface area contributed by atoms with Crippen LogP contribution in [0.5, 0.6) is 0 Å². The number of hydrogen-bond donors (Lipinski definition) is 0. The number of benzene rings is 2. The van der Waals surface area contributed by atoms with Gasteiger partial charge in [0.1, 0.15) is 0 Å². The Kier molecular flexibility index (Phi) is 1.87. The third kappa shape index (κ3) is 1.14. The van der Waals surface area contributed by atoms with Crippen molar-refractivity contribution < 1.29 is 4.79 Å². The molecule has 0 saturated carbocycles. The van der Waals surface area contributed by atoms with Crippen molar-refractivity contribution in [2.45, 2.75) is 12.3 Å². The minimum atomic E-state index is 0.175. The predicted octanol–water partition coefficient (Wildman–Crippen LogP) is 3.78. The van der Waals surface area contributed by atoms with Gasteiger partial charge in [-0.25, -0.2) is 0 Å². The lowest BCUT2D eigenvalue weighted by atomic mass is 9.72. The van der Waals surface area contributed by atoms with Crippen LogP contribution in [-0.2, 0) is 0 Å². The molecule has 0 heterocycles. The maximum Gasteiger partial charge on any atom is 0.193 e. The minimum absolute atomic E-state index is 0.175. The number of hydrogen-bond acceptors (Lipinski definition) is 1. The molecule has 1 atom stereocenters. The van der Waals surface area contributed by atoms with Gasteiger partial charge in [-0.2, -0.15) is 0 Å². The van der Waals surface area contributed by atoms with Gasteiger partial charge in [-0.1, -0.05) is 54.6 Å². The van der Waals surface area contributed by atoms with Crippen LogP contribution in [0.15, 0.2) is 48.5 Å². The number of allylic oxidation sites excluding steroid dienone is 1. The SMILES string of the molecule is O=C1c2ccccc2C2CC=Cc3cccc1c32. The summed E-state index contributed by atoms with van der Waals surface area (Å²) in [5, 5.41) is 0. The summed E-state index contributed by atoms with van der Waals surface area (Å²) >= 11 is 0. The fraction of sp³-hybridized carbons (Fsp3) is 0.118. The maximum atomic E-state index is 12.5. The van der Waals surface area contributed by atoms with E-state index in [0.29, 0.717) is 5.92 Å². The van der Waals surface area contributed by atoms with Crippen molar-refractivity contribution in [3.05, 3.63) is 76.4 Å². The van der Waals surface area contributed by atoms with Crippen molar-refractivity contribution in [3.8, 4) is 0 Å². The first-order chi connectivity index (χ1) is 8.86. The van der Waals surface area contributed by atoms with E-state index in [1.54, 1.807) is 0 Å². The molecule has 18 heavy (non-hydrogen) atoms. The summed E-state index contributed by atoms with van der Waals surface area (Å²) in [6.45, 7) is 0. The van der Waals surface area contributed by atoms with Crippen molar-refractivity contribution in [3.63, 3.8) is 0 Å². The van der Waals surface area contributed by atoms with Crippen LogP contribution in [0.2, 0.25) is 0 Å². The van der Waals surface area contributed by atoms with E-state index in [-0.39, 0.29) is 5.78 Å². The summed E-state index contributed by atoms with van der Waals surface area (Å²) < 4.78 is 0. The summed E-state index contributed by atoms with van der Waals surface area (Å²) in [5.74, 6) is 0.532. The van der Waals surface area contributed by atoms with E-state index in [0.717, 1.165) is 17.5 Å². The third-order valence-corrected chi connectivity index (χ3v) is 3.98. The van der Waals surface area contributed by atoms with Gasteiger partial charge in [0, 0.05) is 17.0 Å². The lowest BCUT2D eigenvalue weighted by Crippen LogP contribution is -2.21. The zero-order valence-electron chi connectivity index (χ0n) is 9.89. The van der Waals surface area contributed by atoms with Crippen LogP contribution in [-0.4, -0.2) is 5.78 Å². The molecule has 0 bridgehead atoms. The third-order valence-electron chi connectivity index (χ3n) is 3.98. The van der Waals surface area contributed by atoms with Crippen molar-refractivity contribution in [2.24, 2.45) is 0 Å². The molecule has 2 aromatic rings. The van der Waals surface area contributed by atoms with Gasteiger partial charge < -0.3 is 0 Å². The van der Waals surface area contributed by atoms with E-state index in [4.69, 9.17) is 0 Å². The molecule has 1 nitrogen and oxygen atoms in total. The largest absolute Gasteiger partial charge is 0.289 e. The van der Waals surface area contributed by atoms with E-state index in [2.05, 4.69) is 24.3 Å². The summed E-state index contributed by atoms with van der Waals surface area (Å²) in [6, 6.07) is 14.1. The zero-order chi connectivity index (χ0) is 12.1. The van der Waals surface area contributed by atoms with Gasteiger partial charge in [0.25, 0.3) is 0 Å². The fourth-order valence-electron chi connectivity index (χ4n) is 3.20. The van der Waals surface area contributed by atoms with Gasteiger partial charge in [-0.05, 0) is 23.1 Å².